The first-order valence-electron chi connectivity index (χ1n) is 5.17. The number of halogens is 1. The first-order valence-corrected chi connectivity index (χ1v) is 6.42. The van der Waals surface area contributed by atoms with Crippen molar-refractivity contribution >= 4 is 34.5 Å². The molecule has 1 amide bonds. The van der Waals surface area contributed by atoms with Crippen LogP contribution in [0.25, 0.3) is 0 Å². The van der Waals surface area contributed by atoms with Gasteiger partial charge in [0.25, 0.3) is 5.91 Å². The maximum Gasteiger partial charge on any atom is 0.269 e. The number of thiophene rings is 1. The van der Waals surface area contributed by atoms with Crippen LogP contribution in [0, 0.1) is 6.92 Å². The summed E-state index contributed by atoms with van der Waals surface area (Å²) in [5.41, 5.74) is 1.42. The van der Waals surface area contributed by atoms with Crippen molar-refractivity contribution in [3.05, 3.63) is 39.3 Å². The van der Waals surface area contributed by atoms with Crippen molar-refractivity contribution in [2.75, 3.05) is 12.4 Å². The van der Waals surface area contributed by atoms with Crippen LogP contribution in [-0.2, 0) is 0 Å². The lowest BCUT2D eigenvalue weighted by atomic mass is 10.3. The lowest BCUT2D eigenvalue weighted by molar-refractivity contribution is 0.102. The number of hydrogen-bond donors (Lipinski definition) is 1. The molecule has 0 aliphatic heterocycles. The van der Waals surface area contributed by atoms with Crippen LogP contribution in [0.15, 0.2) is 23.7 Å². The Kier molecular flexibility index (Phi) is 3.84. The molecule has 0 radical (unpaired) electrons. The second kappa shape index (κ2) is 5.37. The van der Waals surface area contributed by atoms with E-state index in [-0.39, 0.29) is 5.91 Å². The molecule has 0 unspecified atom stereocenters. The predicted molar refractivity (Wildman–Crippen MR) is 72.8 cm³/mol. The summed E-state index contributed by atoms with van der Waals surface area (Å²) in [6.07, 6.45) is 1.52. The molecule has 1 N–H and O–H groups in total. The van der Waals surface area contributed by atoms with Crippen LogP contribution in [0.4, 0.5) is 5.69 Å². The first-order chi connectivity index (χ1) is 8.61. The van der Waals surface area contributed by atoms with Crippen molar-refractivity contribution in [2.24, 2.45) is 0 Å². The van der Waals surface area contributed by atoms with Gasteiger partial charge in [0.2, 0.25) is 0 Å². The summed E-state index contributed by atoms with van der Waals surface area (Å²) in [6.45, 7) is 1.83. The molecule has 0 aliphatic carbocycles. The number of pyridine rings is 1. The molecular weight excluding hydrogens is 272 g/mol. The summed E-state index contributed by atoms with van der Waals surface area (Å²) in [5.74, 6) is 0.349. The van der Waals surface area contributed by atoms with E-state index in [4.69, 9.17) is 16.3 Å². The van der Waals surface area contributed by atoms with Crippen LogP contribution < -0.4 is 10.1 Å². The lowest BCUT2D eigenvalue weighted by Gasteiger charge is -2.06. The Morgan fingerprint density at radius 2 is 2.33 bits per heavy atom. The Morgan fingerprint density at radius 1 is 1.56 bits per heavy atom. The van der Waals surface area contributed by atoms with Crippen molar-refractivity contribution in [1.29, 1.82) is 0 Å². The number of methoxy groups -OCH3 is 1. The fraction of sp³-hybridized carbons (Fsp3) is 0.167. The van der Waals surface area contributed by atoms with E-state index in [0.29, 0.717) is 21.5 Å². The minimum Gasteiger partial charge on any atom is -0.495 e. The summed E-state index contributed by atoms with van der Waals surface area (Å²) in [5, 5.41) is 4.99. The Balaban J connectivity index is 2.19. The Labute approximate surface area is 114 Å². The van der Waals surface area contributed by atoms with Crippen molar-refractivity contribution in [2.45, 2.75) is 6.92 Å². The number of aryl methyl sites for hydroxylation is 1. The molecule has 0 saturated heterocycles. The molecule has 18 heavy (non-hydrogen) atoms. The highest BCUT2D eigenvalue weighted by Gasteiger charge is 2.14. The molecule has 0 saturated carbocycles. The Hall–Kier alpha value is -1.59. The summed E-state index contributed by atoms with van der Waals surface area (Å²) in [6, 6.07) is 3.53. The van der Waals surface area contributed by atoms with Gasteiger partial charge in [-0.1, -0.05) is 11.6 Å². The number of ether oxygens (including phenoxy) is 1. The SMILES string of the molecule is COc1ccsc1C(=O)Nc1cnc(Cl)c(C)c1. The highest BCUT2D eigenvalue weighted by Crippen LogP contribution is 2.25. The fourth-order valence-electron chi connectivity index (χ4n) is 1.44. The van der Waals surface area contributed by atoms with Gasteiger partial charge in [0.05, 0.1) is 19.0 Å². The van der Waals surface area contributed by atoms with E-state index in [1.54, 1.807) is 17.5 Å². The molecule has 0 atom stereocenters. The minimum absolute atomic E-state index is 0.217. The van der Waals surface area contributed by atoms with Gasteiger partial charge in [-0.05, 0) is 30.0 Å². The zero-order chi connectivity index (χ0) is 13.1. The molecule has 0 bridgehead atoms. The maximum atomic E-state index is 12.0. The van der Waals surface area contributed by atoms with Gasteiger partial charge in [0.1, 0.15) is 15.8 Å². The van der Waals surface area contributed by atoms with Crippen LogP contribution in [0.3, 0.4) is 0 Å². The maximum absolute atomic E-state index is 12.0. The Bertz CT molecular complexity index is 583. The molecule has 6 heteroatoms. The number of nitrogens with zero attached hydrogens (tertiary/aromatic N) is 1. The van der Waals surface area contributed by atoms with Gasteiger partial charge < -0.3 is 10.1 Å². The van der Waals surface area contributed by atoms with Crippen LogP contribution in [0.5, 0.6) is 5.75 Å². The van der Waals surface area contributed by atoms with Gasteiger partial charge in [0.15, 0.2) is 0 Å². The topological polar surface area (TPSA) is 51.2 Å². The Morgan fingerprint density at radius 3 is 3.00 bits per heavy atom. The number of aromatic nitrogens is 1. The number of anilines is 1. The molecule has 94 valence electrons. The number of carbonyl (C=O) groups is 1. The monoisotopic (exact) mass is 282 g/mol. The largest absolute Gasteiger partial charge is 0.495 e. The highest BCUT2D eigenvalue weighted by atomic mass is 35.5. The molecule has 0 fully saturated rings. The van der Waals surface area contributed by atoms with Crippen LogP contribution in [0.2, 0.25) is 5.15 Å². The normalized spacial score (nSPS) is 10.2. The van der Waals surface area contributed by atoms with Crippen molar-refractivity contribution in [3.8, 4) is 5.75 Å². The zero-order valence-corrected chi connectivity index (χ0v) is 11.4. The molecule has 2 aromatic heterocycles. The van der Waals surface area contributed by atoms with Gasteiger partial charge in [-0.2, -0.15) is 0 Å². The number of rotatable bonds is 3. The van der Waals surface area contributed by atoms with E-state index < -0.39 is 0 Å². The molecule has 0 aliphatic rings. The smallest absolute Gasteiger partial charge is 0.269 e. The molecular formula is C12H11ClN2O2S. The van der Waals surface area contributed by atoms with Crippen molar-refractivity contribution in [3.63, 3.8) is 0 Å². The standard InChI is InChI=1S/C12H11ClN2O2S/c1-7-5-8(6-14-11(7)13)15-12(16)10-9(17-2)3-4-18-10/h3-6H,1-2H3,(H,15,16). The second-order valence-electron chi connectivity index (χ2n) is 3.60. The van der Waals surface area contributed by atoms with E-state index in [0.717, 1.165) is 5.56 Å². The van der Waals surface area contributed by atoms with Crippen LogP contribution in [-0.4, -0.2) is 18.0 Å². The van der Waals surface area contributed by atoms with Gasteiger partial charge in [-0.3, -0.25) is 4.79 Å². The third kappa shape index (κ3) is 2.63. The lowest BCUT2D eigenvalue weighted by Crippen LogP contribution is -2.11. The predicted octanol–water partition coefficient (Wildman–Crippen LogP) is 3.37. The zero-order valence-electron chi connectivity index (χ0n) is 9.86. The van der Waals surface area contributed by atoms with E-state index in [1.165, 1.54) is 24.6 Å². The van der Waals surface area contributed by atoms with Gasteiger partial charge in [0, 0.05) is 0 Å². The van der Waals surface area contributed by atoms with E-state index in [2.05, 4.69) is 10.3 Å². The summed E-state index contributed by atoms with van der Waals surface area (Å²) >= 11 is 7.15. The fourth-order valence-corrected chi connectivity index (χ4v) is 2.29. The molecule has 2 rings (SSSR count). The van der Waals surface area contributed by atoms with Crippen LogP contribution >= 0.6 is 22.9 Å². The molecule has 0 aromatic carbocycles. The second-order valence-corrected chi connectivity index (χ2v) is 4.88. The number of amides is 1. The van der Waals surface area contributed by atoms with E-state index in [9.17, 15) is 4.79 Å². The van der Waals surface area contributed by atoms with Crippen LogP contribution in [0.1, 0.15) is 15.2 Å². The third-order valence-corrected chi connectivity index (χ3v) is 3.62. The average molecular weight is 283 g/mol. The summed E-state index contributed by atoms with van der Waals surface area (Å²) in [4.78, 5) is 16.5. The van der Waals surface area contributed by atoms with E-state index >= 15 is 0 Å². The number of carbonyl (C=O) groups excluding carboxylic acids is 1. The van der Waals surface area contributed by atoms with Gasteiger partial charge >= 0.3 is 0 Å². The molecule has 0 spiro atoms. The molecule has 4 nitrogen and oxygen atoms in total. The summed E-state index contributed by atoms with van der Waals surface area (Å²) < 4.78 is 5.10. The van der Waals surface area contributed by atoms with Gasteiger partial charge in [-0.15, -0.1) is 11.3 Å². The molecule has 2 aromatic rings. The molecule has 2 heterocycles. The quantitative estimate of drug-likeness (QED) is 0.878. The van der Waals surface area contributed by atoms with Gasteiger partial charge in [-0.25, -0.2) is 4.98 Å². The average Bonchev–Trinajstić information content (AvgIpc) is 2.82. The number of hydrogen-bond acceptors (Lipinski definition) is 4. The minimum atomic E-state index is -0.217. The third-order valence-electron chi connectivity index (χ3n) is 2.33. The number of nitrogens with one attached hydrogen (secondary N) is 1. The van der Waals surface area contributed by atoms with Crippen molar-refractivity contribution in [1.82, 2.24) is 4.98 Å². The summed E-state index contributed by atoms with van der Waals surface area (Å²) in [7, 11) is 1.53. The first kappa shape index (κ1) is 12.9. The van der Waals surface area contributed by atoms with E-state index in [1.807, 2.05) is 6.92 Å². The highest BCUT2D eigenvalue weighted by molar-refractivity contribution is 7.12. The van der Waals surface area contributed by atoms with Crippen molar-refractivity contribution < 1.29 is 9.53 Å².